The van der Waals surface area contributed by atoms with Crippen LogP contribution in [-0.4, -0.2) is 39.6 Å². The Labute approximate surface area is 123 Å². The van der Waals surface area contributed by atoms with E-state index in [0.29, 0.717) is 24.2 Å². The number of rotatable bonds is 6. The van der Waals surface area contributed by atoms with Crippen molar-refractivity contribution in [2.45, 2.75) is 79.6 Å². The molecule has 20 heavy (non-hydrogen) atoms. The zero-order chi connectivity index (χ0) is 15.4. The zero-order valence-corrected chi connectivity index (χ0v) is 14.1. The molecule has 5 heteroatoms. The molecule has 0 unspecified atom stereocenters. The Bertz CT molecular complexity index is 359. The van der Waals surface area contributed by atoms with Gasteiger partial charge in [-0.05, 0) is 60.6 Å². The average molecular weight is 279 g/mol. The van der Waals surface area contributed by atoms with Gasteiger partial charge in [-0.15, -0.1) is 10.2 Å². The van der Waals surface area contributed by atoms with E-state index < -0.39 is 0 Å². The molecule has 114 valence electrons. The van der Waals surface area contributed by atoms with Crippen LogP contribution in [0.5, 0.6) is 0 Å². The van der Waals surface area contributed by atoms with Gasteiger partial charge in [-0.3, -0.25) is 0 Å². The lowest BCUT2D eigenvalue weighted by Crippen LogP contribution is -2.42. The van der Waals surface area contributed by atoms with Gasteiger partial charge in [-0.25, -0.2) is 0 Å². The van der Waals surface area contributed by atoms with Crippen molar-refractivity contribution >= 4 is 11.5 Å². The smallest absolute Gasteiger partial charge is 0.178 e. The van der Waals surface area contributed by atoms with Gasteiger partial charge >= 0.3 is 0 Å². The van der Waals surface area contributed by atoms with Gasteiger partial charge in [-0.2, -0.15) is 0 Å². The van der Waals surface area contributed by atoms with Crippen LogP contribution < -0.4 is 9.80 Å². The summed E-state index contributed by atoms with van der Waals surface area (Å²) in [6.45, 7) is 17.5. The Kier molecular flexibility index (Phi) is 5.72. The first-order valence-corrected chi connectivity index (χ1v) is 7.52. The van der Waals surface area contributed by atoms with Gasteiger partial charge < -0.3 is 9.80 Å². The predicted molar refractivity (Wildman–Crippen MR) is 85.3 cm³/mol. The van der Waals surface area contributed by atoms with Crippen molar-refractivity contribution in [3.8, 4) is 0 Å². The molecule has 0 aromatic carbocycles. The summed E-state index contributed by atoms with van der Waals surface area (Å²) in [6, 6.07) is 1.51. The maximum Gasteiger partial charge on any atom is 0.178 e. The summed E-state index contributed by atoms with van der Waals surface area (Å²) in [5.41, 5.74) is 1.06. The molecule has 0 atom stereocenters. The second-order valence-electron chi connectivity index (χ2n) is 6.33. The van der Waals surface area contributed by atoms with Crippen LogP contribution in [0.1, 0.15) is 55.4 Å². The fourth-order valence-electron chi connectivity index (χ4n) is 2.86. The fraction of sp³-hybridized carbons (Fsp3) is 0.800. The van der Waals surface area contributed by atoms with Crippen molar-refractivity contribution in [3.05, 3.63) is 6.20 Å². The summed E-state index contributed by atoms with van der Waals surface area (Å²) in [5.74, 6) is 0.924. The van der Waals surface area contributed by atoms with Crippen molar-refractivity contribution < 1.29 is 0 Å². The fourth-order valence-corrected chi connectivity index (χ4v) is 2.86. The van der Waals surface area contributed by atoms with Gasteiger partial charge in [0.05, 0.1) is 6.20 Å². The number of hydrogen-bond acceptors (Lipinski definition) is 5. The first-order valence-electron chi connectivity index (χ1n) is 7.52. The summed E-state index contributed by atoms with van der Waals surface area (Å²) in [7, 11) is 0. The third-order valence-corrected chi connectivity index (χ3v) is 3.35. The Morgan fingerprint density at radius 2 is 1.20 bits per heavy atom. The highest BCUT2D eigenvalue weighted by molar-refractivity contribution is 5.67. The van der Waals surface area contributed by atoms with Crippen LogP contribution in [0.2, 0.25) is 0 Å². The maximum atomic E-state index is 4.33. The second kappa shape index (κ2) is 6.86. The molecule has 0 bridgehead atoms. The average Bonchev–Trinajstić information content (AvgIpc) is 2.29. The van der Waals surface area contributed by atoms with Gasteiger partial charge in [0.25, 0.3) is 0 Å². The second-order valence-corrected chi connectivity index (χ2v) is 6.33. The molecule has 0 aliphatic carbocycles. The van der Waals surface area contributed by atoms with Gasteiger partial charge in [0.15, 0.2) is 5.82 Å². The molecule has 1 aromatic rings. The Balaban J connectivity index is 3.34. The molecular weight excluding hydrogens is 250 g/mol. The quantitative estimate of drug-likeness (QED) is 0.800. The SMILES string of the molecule is CC(C)N(c1cnnnc1N(C(C)C)C(C)C)C(C)C. The first kappa shape index (κ1) is 16.7. The minimum absolute atomic E-state index is 0.367. The van der Waals surface area contributed by atoms with E-state index >= 15 is 0 Å². The third kappa shape index (κ3) is 3.58. The third-order valence-electron chi connectivity index (χ3n) is 3.35. The highest BCUT2D eigenvalue weighted by Crippen LogP contribution is 2.31. The normalized spacial score (nSPS) is 11.8. The van der Waals surface area contributed by atoms with Crippen LogP contribution in [0, 0.1) is 0 Å². The van der Waals surface area contributed by atoms with Crippen molar-refractivity contribution in [2.75, 3.05) is 9.80 Å². The largest absolute Gasteiger partial charge is 0.362 e. The lowest BCUT2D eigenvalue weighted by Gasteiger charge is -2.38. The minimum atomic E-state index is 0.367. The van der Waals surface area contributed by atoms with Crippen molar-refractivity contribution in [1.82, 2.24) is 15.4 Å². The van der Waals surface area contributed by atoms with E-state index in [1.807, 2.05) is 6.20 Å². The topological polar surface area (TPSA) is 45.2 Å². The van der Waals surface area contributed by atoms with Crippen LogP contribution in [0.4, 0.5) is 11.5 Å². The van der Waals surface area contributed by atoms with Crippen LogP contribution in [0.15, 0.2) is 6.20 Å². The minimum Gasteiger partial charge on any atom is -0.362 e. The standard InChI is InChI=1S/C15H29N5/c1-10(2)19(11(3)4)14-9-16-18-17-15(14)20(12(5)6)13(7)8/h9-13H,1-8H3. The monoisotopic (exact) mass is 279 g/mol. The molecule has 0 amide bonds. The summed E-state index contributed by atoms with van der Waals surface area (Å²) >= 11 is 0. The van der Waals surface area contributed by atoms with Crippen LogP contribution >= 0.6 is 0 Å². The van der Waals surface area contributed by atoms with E-state index in [4.69, 9.17) is 0 Å². The number of anilines is 2. The molecule has 5 nitrogen and oxygen atoms in total. The van der Waals surface area contributed by atoms with Crippen LogP contribution in [-0.2, 0) is 0 Å². The van der Waals surface area contributed by atoms with Gasteiger partial charge in [-0.1, -0.05) is 0 Å². The maximum absolute atomic E-state index is 4.33. The summed E-state index contributed by atoms with van der Waals surface area (Å²) in [4.78, 5) is 4.64. The lowest BCUT2D eigenvalue weighted by atomic mass is 10.1. The molecule has 0 saturated heterocycles. The molecule has 0 spiro atoms. The Hall–Kier alpha value is -1.39. The number of hydrogen-bond donors (Lipinski definition) is 0. The number of aromatic nitrogens is 3. The van der Waals surface area contributed by atoms with Crippen LogP contribution in [0.25, 0.3) is 0 Å². The zero-order valence-electron chi connectivity index (χ0n) is 14.1. The highest BCUT2D eigenvalue weighted by atomic mass is 15.4. The molecule has 0 radical (unpaired) electrons. The molecule has 0 saturated carbocycles. The molecule has 0 fully saturated rings. The predicted octanol–water partition coefficient (Wildman–Crippen LogP) is 3.12. The molecule has 0 aliphatic rings. The molecule has 1 heterocycles. The van der Waals surface area contributed by atoms with Crippen molar-refractivity contribution in [2.24, 2.45) is 0 Å². The van der Waals surface area contributed by atoms with Crippen LogP contribution in [0.3, 0.4) is 0 Å². The van der Waals surface area contributed by atoms with E-state index in [0.717, 1.165) is 11.5 Å². The first-order chi connectivity index (χ1) is 9.27. The molecule has 0 aliphatic heterocycles. The lowest BCUT2D eigenvalue weighted by molar-refractivity contribution is 0.572. The summed E-state index contributed by atoms with van der Waals surface area (Å²) in [5, 5.41) is 12.2. The van der Waals surface area contributed by atoms with Crippen molar-refractivity contribution in [3.63, 3.8) is 0 Å². The highest BCUT2D eigenvalue weighted by Gasteiger charge is 2.25. The summed E-state index contributed by atoms with van der Waals surface area (Å²) < 4.78 is 0. The van der Waals surface area contributed by atoms with Gasteiger partial charge in [0, 0.05) is 24.2 Å². The Morgan fingerprint density at radius 1 is 0.750 bits per heavy atom. The molecule has 1 aromatic heterocycles. The molecular formula is C15H29N5. The number of nitrogens with zero attached hydrogens (tertiary/aromatic N) is 5. The van der Waals surface area contributed by atoms with E-state index in [1.165, 1.54) is 0 Å². The van der Waals surface area contributed by atoms with E-state index in [2.05, 4.69) is 80.6 Å². The van der Waals surface area contributed by atoms with Gasteiger partial charge in [0.1, 0.15) is 5.69 Å². The van der Waals surface area contributed by atoms with Crippen molar-refractivity contribution in [1.29, 1.82) is 0 Å². The van der Waals surface area contributed by atoms with E-state index in [9.17, 15) is 0 Å². The molecule has 0 N–H and O–H groups in total. The molecule has 1 rings (SSSR count). The van der Waals surface area contributed by atoms with E-state index in [1.54, 1.807) is 0 Å². The Morgan fingerprint density at radius 3 is 1.60 bits per heavy atom. The van der Waals surface area contributed by atoms with E-state index in [-0.39, 0.29) is 0 Å². The van der Waals surface area contributed by atoms with Gasteiger partial charge in [0.2, 0.25) is 0 Å². The summed E-state index contributed by atoms with van der Waals surface area (Å²) in [6.07, 6.45) is 1.83.